The molecule has 0 radical (unpaired) electrons. The lowest BCUT2D eigenvalue weighted by atomic mass is 9.83. The van der Waals surface area contributed by atoms with E-state index < -0.39 is 61.4 Å². The van der Waals surface area contributed by atoms with Crippen molar-refractivity contribution in [2.45, 2.75) is 192 Å². The van der Waals surface area contributed by atoms with E-state index >= 15 is 0 Å². The van der Waals surface area contributed by atoms with Crippen LogP contribution in [-0.2, 0) is 57.5 Å². The van der Waals surface area contributed by atoms with Gasteiger partial charge in [-0.15, -0.1) is 0 Å². The number of ketones is 1. The molecule has 25 heteroatoms. The molecule has 0 bridgehead atoms. The molecular formula is C81H104F6N6O13. The maximum absolute atomic E-state index is 13.6. The number of nitrogens with two attached hydrogens (primary N) is 1. The van der Waals surface area contributed by atoms with Crippen LogP contribution in [0.4, 0.5) is 26.3 Å². The van der Waals surface area contributed by atoms with Gasteiger partial charge in [0.15, 0.2) is 6.23 Å². The topological polar surface area (TPSA) is 312 Å². The monoisotopic (exact) mass is 1480 g/mol. The second-order valence-electron chi connectivity index (χ2n) is 26.2. The van der Waals surface area contributed by atoms with Crippen LogP contribution in [0.2, 0.25) is 0 Å². The number of hydrogen-bond acceptors (Lipinski definition) is 14. The average Bonchev–Trinajstić information content (AvgIpc) is 1.59. The number of hydrogen-bond donors (Lipinski definition) is 8. The third-order valence-electron chi connectivity index (χ3n) is 18.5. The minimum atomic E-state index is -4.64. The van der Waals surface area contributed by atoms with Crippen LogP contribution in [0.1, 0.15) is 226 Å². The number of Topliss-reactive ketones (excluding diaryl/α,β-unsaturated/α-hetero) is 1. The number of aliphatic hydroxyl groups excluding tert-OH is 3. The summed E-state index contributed by atoms with van der Waals surface area (Å²) in [4.78, 5) is 87.5. The SMILES string of the molecule is C.CC(C)c1ccccc1C=O.COC(C)c1ccccc1C(CC(=O)[C@@H](C)CCO)C(=O)N[C@@H]1CCCc2ccccc21.C[C@@H](CCO)C(=O)O.N.N[C@H]1CCO[C@H]2c3ccccc3C(C(=O)N[C@@H]3CCCc4ccccc43)N2C1=O.O=CC(F)(F)F.OCC(F)(F)F.[C-]#[N+][C@@H]1CCCc2ccccc21. The van der Waals surface area contributed by atoms with Crippen molar-refractivity contribution in [2.24, 2.45) is 17.6 Å². The fraction of sp³-hybridized carbons (Fsp3) is 0.457. The van der Waals surface area contributed by atoms with Gasteiger partial charge in [0, 0.05) is 55.8 Å². The van der Waals surface area contributed by atoms with Crippen molar-refractivity contribution in [3.8, 4) is 0 Å². The molecule has 0 saturated carbocycles. The third-order valence-corrected chi connectivity index (χ3v) is 18.5. The molecule has 11 N–H and O–H groups in total. The second-order valence-corrected chi connectivity index (χ2v) is 26.2. The van der Waals surface area contributed by atoms with Crippen LogP contribution in [-0.4, -0.2) is 119 Å². The number of alkyl halides is 6. The molecule has 1 fully saturated rings. The first kappa shape index (κ1) is 91.2. The van der Waals surface area contributed by atoms with E-state index in [1.165, 1.54) is 39.8 Å². The lowest BCUT2D eigenvalue weighted by Gasteiger charge is -2.32. The number of carboxylic acid groups (broad SMARTS) is 1. The summed E-state index contributed by atoms with van der Waals surface area (Å²) < 4.78 is 74.4. The number of ether oxygens (including phenoxy) is 2. The standard InChI is InChI=1S/C27H35NO4.C23H25N3O3.C11H11N.C10H12O.C5H10O3.C2H3F3O.C2HF3O.CH4.H3N/c1-18(15-16-29)26(30)17-24(23-13-7-6-11-21(23)19(2)32-3)27(31)28-25-14-8-10-20-9-4-5-12-22(20)25;24-18-12-13-29-23-17-10-4-3-9-16(17)20(26(23)22(18)28)21(27)25-19-11-5-7-14-6-1-2-8-15(14)19;1-12-11-8-4-6-9-5-2-3-7-10(9)11;1-8(2)10-6-4-3-5-9(10)7-11;1-4(2-3-6)5(7)8;2*3-2(4,5)1-6;;/h4-7,9,11-13,18-19,24-25,29H,8,10,14-17H2,1-3H3,(H,28,31);1-4,6,8-10,18-20,23H,5,7,11-13,24H2,(H,25,27);2-3,5,7,11H,4,6,8H2;3-8H,1-2H3;4,6H,2-3H2,1H3,(H,7,8);6H,1H2;1H;1H4;1H3/t18-,19?,24?,25+;18-,19+,20?,23-;11-;;4-;;;;/m001.0..../s1. The molecular weight excluding hydrogens is 1380 g/mol. The zero-order chi connectivity index (χ0) is 76.7. The molecule has 10 atom stereocenters. The Balaban J connectivity index is 0.000000355. The van der Waals surface area contributed by atoms with Crippen molar-refractivity contribution < 1.29 is 89.8 Å². The van der Waals surface area contributed by atoms with Gasteiger partial charge in [-0.2, -0.15) is 26.3 Å². The first-order chi connectivity index (χ1) is 49.6. The molecule has 2 heterocycles. The van der Waals surface area contributed by atoms with Gasteiger partial charge in [-0.25, -0.2) is 6.57 Å². The minimum absolute atomic E-state index is 0. The fourth-order valence-electron chi connectivity index (χ4n) is 12.8. The Labute approximate surface area is 618 Å². The van der Waals surface area contributed by atoms with Gasteiger partial charge in [0.05, 0.1) is 42.7 Å². The highest BCUT2D eigenvalue weighted by Crippen LogP contribution is 2.45. The summed E-state index contributed by atoms with van der Waals surface area (Å²) in [6.45, 7) is 15.1. The first-order valence-corrected chi connectivity index (χ1v) is 34.9. The maximum atomic E-state index is 13.6. The van der Waals surface area contributed by atoms with Crippen LogP contribution in [0.25, 0.3) is 4.85 Å². The number of nitrogens with zero attached hydrogens (tertiary/aromatic N) is 2. The molecule has 0 aromatic heterocycles. The number of carbonyl (C=O) groups is 7. The summed E-state index contributed by atoms with van der Waals surface area (Å²) in [6.07, 6.45) is 0.630. The van der Waals surface area contributed by atoms with Gasteiger partial charge < -0.3 is 57.3 Å². The number of aryl methyl sites for hydroxylation is 3. The van der Waals surface area contributed by atoms with Crippen LogP contribution >= 0.6 is 0 Å². The second kappa shape index (κ2) is 45.5. The van der Waals surface area contributed by atoms with E-state index in [0.717, 1.165) is 91.0 Å². The molecule has 578 valence electrons. The van der Waals surface area contributed by atoms with Crippen LogP contribution < -0.4 is 22.5 Å². The summed E-state index contributed by atoms with van der Waals surface area (Å²) in [6, 6.07) is 46.6. The number of halogens is 6. The summed E-state index contributed by atoms with van der Waals surface area (Å²) in [5.41, 5.74) is 19.0. The zero-order valence-corrected chi connectivity index (χ0v) is 60.3. The molecule has 106 heavy (non-hydrogen) atoms. The van der Waals surface area contributed by atoms with Gasteiger partial charge >= 0.3 is 18.3 Å². The molecule has 0 spiro atoms. The highest BCUT2D eigenvalue weighted by Gasteiger charge is 2.48. The van der Waals surface area contributed by atoms with Crippen molar-refractivity contribution in [3.63, 3.8) is 0 Å². The molecule has 3 amide bonds. The molecule has 6 aromatic rings. The number of aliphatic carboxylic acids is 1. The van der Waals surface area contributed by atoms with E-state index in [-0.39, 0.29) is 86.9 Å². The zero-order valence-electron chi connectivity index (χ0n) is 60.3. The Hall–Kier alpha value is -9.00. The van der Waals surface area contributed by atoms with Crippen LogP contribution in [0.5, 0.6) is 0 Å². The van der Waals surface area contributed by atoms with Crippen molar-refractivity contribution in [3.05, 3.63) is 224 Å². The summed E-state index contributed by atoms with van der Waals surface area (Å²) >= 11 is 0. The Morgan fingerprint density at radius 1 is 0.651 bits per heavy atom. The molecule has 19 nitrogen and oxygen atoms in total. The third kappa shape index (κ3) is 27.4. The number of carbonyl (C=O) groups excluding carboxylic acids is 6. The highest BCUT2D eigenvalue weighted by molar-refractivity contribution is 5.93. The number of aliphatic hydroxyl groups is 3. The molecule has 1 saturated heterocycles. The van der Waals surface area contributed by atoms with Gasteiger partial charge in [0.25, 0.3) is 0 Å². The number of aldehydes is 2. The molecule has 3 aliphatic carbocycles. The quantitative estimate of drug-likeness (QED) is 0.0239. The van der Waals surface area contributed by atoms with Gasteiger partial charge in [0.1, 0.15) is 24.7 Å². The number of amides is 3. The Morgan fingerprint density at radius 3 is 1.56 bits per heavy atom. The number of fused-ring (bicyclic) bond motifs is 6. The van der Waals surface area contributed by atoms with E-state index in [9.17, 15) is 60.2 Å². The van der Waals surface area contributed by atoms with E-state index in [1.54, 1.807) is 18.9 Å². The summed E-state index contributed by atoms with van der Waals surface area (Å²) in [5.74, 6) is -2.28. The number of methoxy groups -OCH3 is 1. The molecule has 6 aromatic carbocycles. The fourth-order valence-corrected chi connectivity index (χ4v) is 12.8. The largest absolute Gasteiger partial charge is 0.481 e. The lowest BCUT2D eigenvalue weighted by Crippen LogP contribution is -2.47. The Morgan fingerprint density at radius 2 is 1.09 bits per heavy atom. The smallest absolute Gasteiger partial charge is 0.446 e. The number of benzene rings is 6. The van der Waals surface area contributed by atoms with Crippen molar-refractivity contribution in [1.82, 2.24) is 21.7 Å². The van der Waals surface area contributed by atoms with Crippen LogP contribution in [0, 0.1) is 18.4 Å². The summed E-state index contributed by atoms with van der Waals surface area (Å²) in [5, 5.41) is 39.4. The predicted molar refractivity (Wildman–Crippen MR) is 393 cm³/mol. The maximum Gasteiger partial charge on any atom is 0.446 e. The summed E-state index contributed by atoms with van der Waals surface area (Å²) in [7, 11) is 1.64. The van der Waals surface area contributed by atoms with Gasteiger partial charge in [-0.3, -0.25) is 38.5 Å². The first-order valence-electron chi connectivity index (χ1n) is 34.9. The van der Waals surface area contributed by atoms with E-state index in [4.69, 9.17) is 41.9 Å². The van der Waals surface area contributed by atoms with Gasteiger partial charge in [-0.1, -0.05) is 181 Å². The molecule has 5 aliphatic rings. The average molecular weight is 1480 g/mol. The number of carboxylic acids is 1. The molecule has 2 aliphatic heterocycles. The molecule has 3 unspecified atom stereocenters. The van der Waals surface area contributed by atoms with Gasteiger partial charge in [0.2, 0.25) is 30.0 Å². The van der Waals surface area contributed by atoms with Crippen molar-refractivity contribution in [1.29, 1.82) is 0 Å². The van der Waals surface area contributed by atoms with Crippen LogP contribution in [0.3, 0.4) is 0 Å². The normalized spacial score (nSPS) is 19.0. The Kier molecular flexibility index (Phi) is 39.1. The highest BCUT2D eigenvalue weighted by atomic mass is 19.4. The number of rotatable bonds is 17. The van der Waals surface area contributed by atoms with E-state index in [2.05, 4.69) is 71.8 Å². The molecule has 11 rings (SSSR count). The van der Waals surface area contributed by atoms with Crippen molar-refractivity contribution in [2.75, 3.05) is 33.5 Å². The predicted octanol–water partition coefficient (Wildman–Crippen LogP) is 14.9. The number of nitrogens with one attached hydrogen (secondary N) is 2. The van der Waals surface area contributed by atoms with E-state index in [0.29, 0.717) is 31.8 Å². The lowest BCUT2D eigenvalue weighted by molar-refractivity contribution is -0.159. The van der Waals surface area contributed by atoms with Crippen molar-refractivity contribution >= 4 is 42.0 Å². The van der Waals surface area contributed by atoms with Gasteiger partial charge in [-0.05, 0) is 134 Å². The van der Waals surface area contributed by atoms with Crippen LogP contribution in [0.15, 0.2) is 146 Å². The Bertz CT molecular complexity index is 3790. The van der Waals surface area contributed by atoms with E-state index in [1.807, 2.05) is 117 Å². The minimum Gasteiger partial charge on any atom is -0.481 e.